The molecule has 0 aliphatic heterocycles. The largest absolute Gasteiger partial charge is 1.00 e. The van der Waals surface area contributed by atoms with Gasteiger partial charge in [0.25, 0.3) is 0 Å². The maximum Gasteiger partial charge on any atom is 1.00 e. The predicted octanol–water partition coefficient (Wildman–Crippen LogP) is -1.31. The monoisotopic (exact) mass is 127 g/mol. The molecule has 0 aliphatic carbocycles. The predicted molar refractivity (Wildman–Crippen MR) is 39.2 cm³/mol. The van der Waals surface area contributed by atoms with Crippen molar-refractivity contribution in [2.24, 2.45) is 0 Å². The first-order valence-electron chi connectivity index (χ1n) is 2.94. The van der Waals surface area contributed by atoms with Gasteiger partial charge in [0.05, 0.1) is 0 Å². The van der Waals surface area contributed by atoms with Gasteiger partial charge in [0, 0.05) is 0 Å². The van der Waals surface area contributed by atoms with Crippen molar-refractivity contribution in [2.75, 3.05) is 5.73 Å². The Labute approximate surface area is 73.8 Å². The Hall–Kier alpha value is -0.383. The van der Waals surface area contributed by atoms with Gasteiger partial charge in [0.15, 0.2) is 0 Å². The molecule has 0 heterocycles. The molecule has 0 unspecified atom stereocenters. The average Bonchev–Trinajstić information content (AvgIpc) is 1.80. The maximum atomic E-state index is 5.53. The summed E-state index contributed by atoms with van der Waals surface area (Å²) < 4.78 is 0. The van der Waals surface area contributed by atoms with Crippen LogP contribution in [0.1, 0.15) is 11.1 Å². The Morgan fingerprint density at radius 2 is 2.00 bits per heavy atom. The second-order valence-electron chi connectivity index (χ2n) is 2.27. The molecule has 10 heavy (non-hydrogen) atoms. The van der Waals surface area contributed by atoms with Crippen molar-refractivity contribution in [3.8, 4) is 0 Å². The Balaban J connectivity index is 0.000000810. The SMILES string of the molecule is Cc1c[c-]c(N)c(C)c1.[Li+]. The number of anilines is 1. The number of nitrogen functional groups attached to an aromatic ring is 1. The number of nitrogens with two attached hydrogens (primary N) is 1. The second kappa shape index (κ2) is 3.70. The van der Waals surface area contributed by atoms with Crippen LogP contribution in [0.15, 0.2) is 12.1 Å². The molecular weight excluding hydrogens is 117 g/mol. The molecule has 0 amide bonds. The Morgan fingerprint density at radius 3 is 2.40 bits per heavy atom. The third kappa shape index (κ3) is 2.10. The minimum absolute atomic E-state index is 0. The minimum atomic E-state index is 0. The molecule has 1 aromatic carbocycles. The Bertz CT molecular complexity index is 220. The second-order valence-corrected chi connectivity index (χ2v) is 2.27. The summed E-state index contributed by atoms with van der Waals surface area (Å²) in [6.45, 7) is 4.02. The van der Waals surface area contributed by atoms with E-state index in [0.29, 0.717) is 0 Å². The van der Waals surface area contributed by atoms with Crippen LogP contribution in [0.4, 0.5) is 5.69 Å². The zero-order chi connectivity index (χ0) is 6.85. The van der Waals surface area contributed by atoms with Crippen LogP contribution in [0.25, 0.3) is 0 Å². The van der Waals surface area contributed by atoms with Crippen LogP contribution in [-0.4, -0.2) is 0 Å². The van der Waals surface area contributed by atoms with Crippen LogP contribution in [-0.2, 0) is 0 Å². The molecule has 0 saturated heterocycles. The van der Waals surface area contributed by atoms with Crippen molar-refractivity contribution < 1.29 is 18.9 Å². The summed E-state index contributed by atoms with van der Waals surface area (Å²) in [6, 6.07) is 6.88. The van der Waals surface area contributed by atoms with E-state index in [2.05, 4.69) is 6.07 Å². The molecule has 0 spiro atoms. The molecule has 1 aromatic rings. The molecule has 0 saturated carbocycles. The summed E-state index contributed by atoms with van der Waals surface area (Å²) in [5.74, 6) is 0. The van der Waals surface area contributed by atoms with E-state index in [1.807, 2.05) is 26.0 Å². The summed E-state index contributed by atoms with van der Waals surface area (Å²) in [5, 5.41) is 0. The molecule has 0 atom stereocenters. The smallest absolute Gasteiger partial charge is 0.420 e. The third-order valence-electron chi connectivity index (χ3n) is 1.32. The van der Waals surface area contributed by atoms with E-state index in [9.17, 15) is 0 Å². The van der Waals surface area contributed by atoms with Crippen LogP contribution in [0.2, 0.25) is 0 Å². The molecule has 2 heteroatoms. The zero-order valence-electron chi connectivity index (χ0n) is 6.73. The van der Waals surface area contributed by atoms with Crippen molar-refractivity contribution in [3.63, 3.8) is 0 Å². The van der Waals surface area contributed by atoms with Gasteiger partial charge in [-0.3, -0.25) is 0 Å². The van der Waals surface area contributed by atoms with E-state index in [1.165, 1.54) is 5.56 Å². The summed E-state index contributed by atoms with van der Waals surface area (Å²) in [5.41, 5.74) is 8.60. The van der Waals surface area contributed by atoms with Crippen LogP contribution >= 0.6 is 0 Å². The van der Waals surface area contributed by atoms with E-state index >= 15 is 0 Å². The van der Waals surface area contributed by atoms with Gasteiger partial charge in [-0.25, -0.2) is 0 Å². The number of aryl methyl sites for hydroxylation is 2. The quantitative estimate of drug-likeness (QED) is 0.261. The van der Waals surface area contributed by atoms with Crippen LogP contribution in [0.5, 0.6) is 0 Å². The van der Waals surface area contributed by atoms with Gasteiger partial charge in [-0.2, -0.15) is 23.8 Å². The van der Waals surface area contributed by atoms with E-state index < -0.39 is 0 Å². The van der Waals surface area contributed by atoms with E-state index in [0.717, 1.165) is 11.3 Å². The van der Waals surface area contributed by atoms with Crippen LogP contribution < -0.4 is 24.6 Å². The molecule has 2 N–H and O–H groups in total. The van der Waals surface area contributed by atoms with Gasteiger partial charge in [-0.05, 0) is 0 Å². The van der Waals surface area contributed by atoms with Gasteiger partial charge in [-0.1, -0.05) is 19.5 Å². The average molecular weight is 127 g/mol. The number of hydrogen-bond donors (Lipinski definition) is 1. The van der Waals surface area contributed by atoms with E-state index in [1.54, 1.807) is 0 Å². The summed E-state index contributed by atoms with van der Waals surface area (Å²) in [7, 11) is 0. The van der Waals surface area contributed by atoms with Crippen LogP contribution in [0, 0.1) is 19.9 Å². The van der Waals surface area contributed by atoms with Crippen molar-refractivity contribution in [1.29, 1.82) is 0 Å². The molecule has 0 aliphatic rings. The fraction of sp³-hybridized carbons (Fsp3) is 0.250. The van der Waals surface area contributed by atoms with Crippen molar-refractivity contribution >= 4 is 5.69 Å². The molecule has 1 nitrogen and oxygen atoms in total. The third-order valence-corrected chi connectivity index (χ3v) is 1.32. The molecule has 1 rings (SSSR count). The summed E-state index contributed by atoms with van der Waals surface area (Å²) in [6.07, 6.45) is 0. The molecule has 0 aromatic heterocycles. The Morgan fingerprint density at radius 1 is 1.40 bits per heavy atom. The molecule has 0 bridgehead atoms. The number of hydrogen-bond acceptors (Lipinski definition) is 1. The van der Waals surface area contributed by atoms with Crippen molar-refractivity contribution in [1.82, 2.24) is 0 Å². The molecule has 0 radical (unpaired) electrons. The fourth-order valence-corrected chi connectivity index (χ4v) is 0.766. The molecule has 0 fully saturated rings. The van der Waals surface area contributed by atoms with Gasteiger partial charge in [0.2, 0.25) is 0 Å². The van der Waals surface area contributed by atoms with Gasteiger partial charge in [0.1, 0.15) is 0 Å². The van der Waals surface area contributed by atoms with E-state index in [4.69, 9.17) is 5.73 Å². The zero-order valence-corrected chi connectivity index (χ0v) is 6.73. The van der Waals surface area contributed by atoms with Crippen molar-refractivity contribution in [2.45, 2.75) is 13.8 Å². The first-order chi connectivity index (χ1) is 4.20. The minimum Gasteiger partial charge on any atom is -0.420 e. The van der Waals surface area contributed by atoms with Gasteiger partial charge < -0.3 is 5.73 Å². The van der Waals surface area contributed by atoms with Gasteiger partial charge in [-0.15, -0.1) is 5.56 Å². The first-order valence-corrected chi connectivity index (χ1v) is 2.94. The maximum absolute atomic E-state index is 5.53. The van der Waals surface area contributed by atoms with Gasteiger partial charge >= 0.3 is 18.9 Å². The fourth-order valence-electron chi connectivity index (χ4n) is 0.766. The summed E-state index contributed by atoms with van der Waals surface area (Å²) in [4.78, 5) is 0. The normalized spacial score (nSPS) is 8.60. The van der Waals surface area contributed by atoms with Crippen LogP contribution in [0.3, 0.4) is 0 Å². The topological polar surface area (TPSA) is 26.0 Å². The van der Waals surface area contributed by atoms with Crippen molar-refractivity contribution in [3.05, 3.63) is 29.3 Å². The number of rotatable bonds is 0. The first kappa shape index (κ1) is 9.62. The molecule has 48 valence electrons. The standard InChI is InChI=1S/C8H10N.Li/c1-6-3-4-8(9)7(2)5-6;/h3,5H,9H2,1-2H3;/q-1;+1. The number of benzene rings is 1. The van der Waals surface area contributed by atoms with E-state index in [-0.39, 0.29) is 18.9 Å². The Kier molecular flexibility index (Phi) is 3.56. The molecular formula is C8H10LiN. The summed E-state index contributed by atoms with van der Waals surface area (Å²) >= 11 is 0.